The molecule has 0 aromatic heterocycles. The molecular weight excluding hydrogens is 1490 g/mol. The van der Waals surface area contributed by atoms with Crippen molar-refractivity contribution in [3.8, 4) is 0 Å². The van der Waals surface area contributed by atoms with Gasteiger partial charge in [-0.1, -0.05) is 118 Å². The smallest absolute Gasteiger partial charge is 0.407 e. The lowest BCUT2D eigenvalue weighted by molar-refractivity contribution is -0.375. The molecule has 650 valence electrons. The molecule has 0 bridgehead atoms. The van der Waals surface area contributed by atoms with E-state index in [1.807, 2.05) is 6.92 Å². The van der Waals surface area contributed by atoms with Crippen molar-refractivity contribution in [1.29, 1.82) is 0 Å². The summed E-state index contributed by atoms with van der Waals surface area (Å²) < 4.78 is 86.4. The summed E-state index contributed by atoms with van der Waals surface area (Å²) in [5.41, 5.74) is -4.17. The third-order valence-corrected chi connectivity index (χ3v) is 28.9. The van der Waals surface area contributed by atoms with Gasteiger partial charge in [-0.25, -0.2) is 9.59 Å². The molecule has 38 atom stereocenters. The van der Waals surface area contributed by atoms with E-state index in [2.05, 4.69) is 52.9 Å². The molecule has 10 fully saturated rings. The lowest BCUT2D eigenvalue weighted by Crippen LogP contribution is -2.69. The molecule has 16 N–H and O–H groups in total. The van der Waals surface area contributed by atoms with Crippen LogP contribution in [0.3, 0.4) is 0 Å². The van der Waals surface area contributed by atoms with Crippen LogP contribution in [0, 0.1) is 56.2 Å². The van der Waals surface area contributed by atoms with Crippen molar-refractivity contribution in [2.45, 2.75) is 369 Å². The maximum absolute atomic E-state index is 16.2. The van der Waals surface area contributed by atoms with Crippen molar-refractivity contribution in [2.24, 2.45) is 56.2 Å². The molecule has 11 aliphatic rings. The third-order valence-electron chi connectivity index (χ3n) is 28.9. The van der Waals surface area contributed by atoms with E-state index in [9.17, 15) is 86.2 Å². The molecule has 5 saturated carbocycles. The molecule has 0 aromatic rings. The molecule has 0 aromatic carbocycles. The minimum absolute atomic E-state index is 0.0982. The summed E-state index contributed by atoms with van der Waals surface area (Å²) in [5.74, 6) is -4.67. The molecule has 113 heavy (non-hydrogen) atoms. The van der Waals surface area contributed by atoms with Crippen LogP contribution >= 0.6 is 0 Å². The molecule has 5 aliphatic heterocycles. The SMILES string of the molecule is CCCCCCCCCCCCNC(=O)O[C@H]1C(C)O[C@@H](OC(=O)[C@]23CCC(C)(C)CC2C2=CCC4[C@@]5(C)CCC(O[C@@H]6OC(C(=O)O)[C@H](O)C(O[C@@H]7OC[C@H](O)C(O)C7O)C6O[C@@H]6CC(CO)[C@H](O)C(O)C6O)C(C)(CO)C5CC[C@@]4(C)[C@]2(C)CC3O)C(O[C@@H]2OC(C)[C@H](O[C@@H]3OC[C@H](O)C(OC)C3O)C(OC)C2O)C1O. The Bertz CT molecular complexity index is 3160. The first-order valence-corrected chi connectivity index (χ1v) is 41.5. The number of hydrogen-bond donors (Lipinski definition) is 16. The highest BCUT2D eigenvalue weighted by molar-refractivity contribution is 5.80. The number of alkyl carbamates (subject to hydrolysis) is 1. The molecular formula is C80H133NO32. The van der Waals surface area contributed by atoms with Crippen molar-refractivity contribution in [3.63, 3.8) is 0 Å². The normalized spacial score (nSPS) is 48.5. The van der Waals surface area contributed by atoms with Gasteiger partial charge in [0.1, 0.15) is 97.0 Å². The molecule has 1 amide bonds. The second kappa shape index (κ2) is 37.1. The van der Waals surface area contributed by atoms with E-state index in [4.69, 9.17) is 66.3 Å². The number of carbonyl (C=O) groups is 3. The van der Waals surface area contributed by atoms with Crippen molar-refractivity contribution in [2.75, 3.05) is 47.2 Å². The predicted molar refractivity (Wildman–Crippen MR) is 394 cm³/mol. The minimum Gasteiger partial charge on any atom is -0.479 e. The molecule has 0 radical (unpaired) electrons. The first-order chi connectivity index (χ1) is 53.4. The second-order valence-electron chi connectivity index (χ2n) is 36.3. The van der Waals surface area contributed by atoms with Crippen LogP contribution in [0.4, 0.5) is 4.79 Å². The predicted octanol–water partition coefficient (Wildman–Crippen LogP) is 1.61. The fourth-order valence-corrected chi connectivity index (χ4v) is 22.0. The quantitative estimate of drug-likeness (QED) is 0.0219. The van der Waals surface area contributed by atoms with E-state index in [1.54, 1.807) is 13.8 Å². The van der Waals surface area contributed by atoms with Gasteiger partial charge in [0.05, 0.1) is 56.4 Å². The molecule has 5 heterocycles. The van der Waals surface area contributed by atoms with Crippen LogP contribution in [0.2, 0.25) is 0 Å². The van der Waals surface area contributed by atoms with E-state index in [0.717, 1.165) is 31.3 Å². The standard InChI is InChI=1S/C80H133NO32/c1-12-13-14-15-16-17-18-19-20-21-30-81-74(99)112-59-38(2)105-71(65(55(59)92)111-70-58(95)62(101-11)60(39(3)104-70)108-69-57(94)61(100-10)44(85)36-103-69)113-73(98)80-29-28-75(4,5)32-42(80)41-22-23-47-76(6)26-25-49(77(7,37-83)46(76)24-27-78(47,8)79(41,9)33-48(80)86)107-72-66(106-45-31-40(34-82)50(87)53(90)52(45)89)63(56(93)64(110-72)67(96)97)109-68-54(91)51(88)43(84)35-102-68/h22,38-40,42-66,68-72,82-95H,12-21,23-37H2,1-11H3,(H,81,99)(H,96,97)/t38?,39?,40?,42?,43-,44-,45+,46?,47?,48?,49?,50-,51?,52?,53?,54?,55?,56+,57?,58?,59-,60-,61?,62?,63?,64?,65?,66?,68-,69-,70-,71-,72+,76-,77?,78+,79+,80+/m0/s1. The lowest BCUT2D eigenvalue weighted by atomic mass is 9.33. The van der Waals surface area contributed by atoms with E-state index in [1.165, 1.54) is 46.3 Å². The molecule has 5 saturated heterocycles. The van der Waals surface area contributed by atoms with Crippen molar-refractivity contribution >= 4 is 18.0 Å². The zero-order valence-corrected chi connectivity index (χ0v) is 67.5. The van der Waals surface area contributed by atoms with Crippen LogP contribution in [-0.2, 0) is 75.9 Å². The van der Waals surface area contributed by atoms with Gasteiger partial charge in [0.15, 0.2) is 43.5 Å². The van der Waals surface area contributed by atoms with Gasteiger partial charge < -0.3 is 148 Å². The van der Waals surface area contributed by atoms with Gasteiger partial charge in [-0.3, -0.25) is 4.79 Å². The van der Waals surface area contributed by atoms with Gasteiger partial charge >= 0.3 is 18.0 Å². The van der Waals surface area contributed by atoms with Gasteiger partial charge in [-0.2, -0.15) is 0 Å². The maximum Gasteiger partial charge on any atom is 0.407 e. The monoisotopic (exact) mass is 1620 g/mol. The number of rotatable bonds is 29. The fraction of sp³-hybridized carbons (Fsp3) is 0.938. The number of fused-ring (bicyclic) bond motifs is 7. The number of carbonyl (C=O) groups excluding carboxylic acids is 2. The zero-order chi connectivity index (χ0) is 82.4. The Hall–Kier alpha value is -3.09. The molecule has 11 rings (SSSR count). The van der Waals surface area contributed by atoms with Crippen LogP contribution in [-0.4, -0.2) is 320 Å². The number of methoxy groups -OCH3 is 2. The van der Waals surface area contributed by atoms with E-state index >= 15 is 4.79 Å². The summed E-state index contributed by atoms with van der Waals surface area (Å²) in [7, 11) is 2.63. The Morgan fingerprint density at radius 2 is 1.15 bits per heavy atom. The largest absolute Gasteiger partial charge is 0.479 e. The van der Waals surface area contributed by atoms with Crippen LogP contribution < -0.4 is 5.32 Å². The number of allylic oxidation sites excluding steroid dienone is 2. The van der Waals surface area contributed by atoms with Crippen LogP contribution in [0.1, 0.15) is 191 Å². The molecule has 22 unspecified atom stereocenters. The first kappa shape index (κ1) is 90.7. The summed E-state index contributed by atoms with van der Waals surface area (Å²) in [4.78, 5) is 43.0. The Balaban J connectivity index is 0.851. The van der Waals surface area contributed by atoms with Gasteiger partial charge in [0, 0.05) is 38.7 Å². The van der Waals surface area contributed by atoms with Crippen molar-refractivity contribution in [1.82, 2.24) is 5.32 Å². The number of aliphatic hydroxyl groups is 14. The van der Waals surface area contributed by atoms with Crippen LogP contribution in [0.25, 0.3) is 0 Å². The van der Waals surface area contributed by atoms with Gasteiger partial charge in [-0.15, -0.1) is 0 Å². The number of hydrogen-bond acceptors (Lipinski definition) is 31. The maximum atomic E-state index is 16.2. The van der Waals surface area contributed by atoms with E-state index in [-0.39, 0.29) is 49.5 Å². The topological polar surface area (TPSA) is 496 Å². The number of nitrogens with one attached hydrogen (secondary N) is 1. The Morgan fingerprint density at radius 3 is 1.80 bits per heavy atom. The molecule has 0 spiro atoms. The third kappa shape index (κ3) is 17.6. The van der Waals surface area contributed by atoms with Gasteiger partial charge in [0.25, 0.3) is 0 Å². The first-order valence-electron chi connectivity index (χ1n) is 41.5. The van der Waals surface area contributed by atoms with Crippen LogP contribution in [0.15, 0.2) is 11.6 Å². The number of aliphatic carboxylic acids is 1. The molecule has 33 nitrogen and oxygen atoms in total. The number of ether oxygens (including phenoxy) is 14. The van der Waals surface area contributed by atoms with Crippen molar-refractivity contribution in [3.05, 3.63) is 11.6 Å². The Morgan fingerprint density at radius 1 is 0.540 bits per heavy atom. The lowest BCUT2D eigenvalue weighted by Gasteiger charge is -2.72. The molecule has 33 heteroatoms. The minimum atomic E-state index is -2.14. The number of carboxylic acid groups (broad SMARTS) is 1. The van der Waals surface area contributed by atoms with Crippen molar-refractivity contribution < 1.29 is 157 Å². The van der Waals surface area contributed by atoms with E-state index in [0.29, 0.717) is 51.5 Å². The number of amides is 1. The van der Waals surface area contributed by atoms with Gasteiger partial charge in [-0.05, 0) is 124 Å². The zero-order valence-electron chi connectivity index (χ0n) is 67.5. The highest BCUT2D eigenvalue weighted by Crippen LogP contribution is 2.76. The number of carboxylic acids is 1. The summed E-state index contributed by atoms with van der Waals surface area (Å²) in [6.07, 6.45) is -30.5. The average molecular weight is 1620 g/mol. The Labute approximate surface area is 661 Å². The summed E-state index contributed by atoms with van der Waals surface area (Å²) >= 11 is 0. The number of aliphatic hydroxyl groups excluding tert-OH is 14. The van der Waals surface area contributed by atoms with Gasteiger partial charge in [0.2, 0.25) is 6.29 Å². The highest BCUT2D eigenvalue weighted by atomic mass is 16.8. The summed E-state index contributed by atoms with van der Waals surface area (Å²) in [5, 5.41) is 173. The molecule has 6 aliphatic carbocycles. The fourth-order valence-electron chi connectivity index (χ4n) is 22.0. The summed E-state index contributed by atoms with van der Waals surface area (Å²) in [6, 6.07) is 0. The summed E-state index contributed by atoms with van der Waals surface area (Å²) in [6.45, 7) is 16.4. The van der Waals surface area contributed by atoms with E-state index < -0.39 is 255 Å². The number of unbranched alkanes of at least 4 members (excludes halogenated alkanes) is 9. The average Bonchev–Trinajstić information content (AvgIpc) is 0.670. The second-order valence-corrected chi connectivity index (χ2v) is 36.3. The Kier molecular flexibility index (Phi) is 29.8. The number of esters is 1. The highest BCUT2D eigenvalue weighted by Gasteiger charge is 2.73. The van der Waals surface area contributed by atoms with Crippen LogP contribution in [0.5, 0.6) is 0 Å².